The van der Waals surface area contributed by atoms with Crippen molar-refractivity contribution in [1.82, 2.24) is 5.32 Å². The zero-order valence-corrected chi connectivity index (χ0v) is 29.0. The molecule has 0 saturated heterocycles. The van der Waals surface area contributed by atoms with Gasteiger partial charge in [-0.1, -0.05) is 37.0 Å². The Kier molecular flexibility index (Phi) is 21.1. The minimum absolute atomic E-state index is 0.324. The van der Waals surface area contributed by atoms with Gasteiger partial charge in [-0.05, 0) is 40.3 Å². The molecule has 0 fully saturated rings. The van der Waals surface area contributed by atoms with Crippen molar-refractivity contribution in [1.29, 1.82) is 0 Å². The highest BCUT2D eigenvalue weighted by atomic mass is 16.5. The molecule has 2 aromatic rings. The Hall–Kier alpha value is -3.88. The molecule has 47 heavy (non-hydrogen) atoms. The van der Waals surface area contributed by atoms with E-state index in [2.05, 4.69) is 47.8 Å². The Bertz CT molecular complexity index is 1370. The summed E-state index contributed by atoms with van der Waals surface area (Å²) < 4.78 is 45.9. The van der Waals surface area contributed by atoms with Crippen molar-refractivity contribution in [3.05, 3.63) is 46.5 Å². The van der Waals surface area contributed by atoms with E-state index in [0.717, 1.165) is 31.4 Å². The van der Waals surface area contributed by atoms with Crippen LogP contribution in [-0.4, -0.2) is 93.9 Å². The summed E-state index contributed by atoms with van der Waals surface area (Å²) in [4.78, 5) is 0. The fraction of sp³-hybridized carbons (Fsp3) is 0.526. The van der Waals surface area contributed by atoms with E-state index in [-0.39, 0.29) is 0 Å². The van der Waals surface area contributed by atoms with Crippen molar-refractivity contribution in [2.75, 3.05) is 93.9 Å². The van der Waals surface area contributed by atoms with E-state index in [1.54, 1.807) is 28.1 Å². The third-order valence-electron chi connectivity index (χ3n) is 6.43. The van der Waals surface area contributed by atoms with Crippen LogP contribution in [-0.2, 0) is 18.9 Å². The SMILES string of the molecule is CC#Cc1cc(OCCCNC)c(C#Cc2cc(OCCOCCOC)c(C#CC)cc2OCCOCCOC)cc1OCCCC. The van der Waals surface area contributed by atoms with Crippen molar-refractivity contribution in [2.24, 2.45) is 0 Å². The molecule has 0 amide bonds. The smallest absolute Gasteiger partial charge is 0.136 e. The maximum atomic E-state index is 6.22. The molecule has 0 aromatic heterocycles. The van der Waals surface area contributed by atoms with E-state index in [0.29, 0.717) is 106 Å². The van der Waals surface area contributed by atoms with Crippen molar-refractivity contribution >= 4 is 0 Å². The van der Waals surface area contributed by atoms with Gasteiger partial charge in [0.2, 0.25) is 0 Å². The van der Waals surface area contributed by atoms with E-state index in [1.807, 2.05) is 31.3 Å². The van der Waals surface area contributed by atoms with Crippen LogP contribution in [0.4, 0.5) is 0 Å². The van der Waals surface area contributed by atoms with Gasteiger partial charge in [0.15, 0.2) is 0 Å². The molecule has 9 nitrogen and oxygen atoms in total. The molecule has 0 aliphatic carbocycles. The van der Waals surface area contributed by atoms with E-state index >= 15 is 0 Å². The van der Waals surface area contributed by atoms with Crippen LogP contribution in [0.3, 0.4) is 0 Å². The van der Waals surface area contributed by atoms with Gasteiger partial charge in [-0.2, -0.15) is 0 Å². The topological polar surface area (TPSA) is 85.9 Å². The molecular formula is C38H51NO8. The lowest BCUT2D eigenvalue weighted by atomic mass is 10.1. The average Bonchev–Trinajstić information content (AvgIpc) is 3.07. The Balaban J connectivity index is 2.54. The fourth-order valence-electron chi connectivity index (χ4n) is 4.06. The summed E-state index contributed by atoms with van der Waals surface area (Å²) in [5, 5.41) is 3.15. The Morgan fingerprint density at radius 3 is 1.28 bits per heavy atom. The van der Waals surface area contributed by atoms with Gasteiger partial charge in [-0.25, -0.2) is 0 Å². The maximum absolute atomic E-state index is 6.22. The van der Waals surface area contributed by atoms with Gasteiger partial charge in [-0.3, -0.25) is 0 Å². The van der Waals surface area contributed by atoms with Gasteiger partial charge in [0, 0.05) is 38.5 Å². The average molecular weight is 650 g/mol. The van der Waals surface area contributed by atoms with Crippen molar-refractivity contribution in [3.8, 4) is 58.5 Å². The standard InChI is InChI=1S/C38H51NO8/c1-7-10-17-44-35-29-33(37(27-31(35)12-8-2)45-18-11-16-39-4)14-15-34-30-36(46-25-23-42-21-19-40-5)32(13-9-3)28-38(34)47-26-24-43-22-20-41-6/h27-30,39H,7,10-11,16-26H2,1-6H3. The molecule has 0 aliphatic heterocycles. The lowest BCUT2D eigenvalue weighted by Crippen LogP contribution is -2.12. The second-order valence-corrected chi connectivity index (χ2v) is 10.1. The molecule has 0 spiro atoms. The summed E-state index contributed by atoms with van der Waals surface area (Å²) in [6, 6.07) is 7.52. The van der Waals surface area contributed by atoms with E-state index < -0.39 is 0 Å². The molecule has 0 unspecified atom stereocenters. The van der Waals surface area contributed by atoms with Crippen LogP contribution in [0, 0.1) is 35.5 Å². The second-order valence-electron chi connectivity index (χ2n) is 10.1. The van der Waals surface area contributed by atoms with Gasteiger partial charge in [0.25, 0.3) is 0 Å². The number of methoxy groups -OCH3 is 2. The highest BCUT2D eigenvalue weighted by Crippen LogP contribution is 2.31. The van der Waals surface area contributed by atoms with Crippen LogP contribution in [0.2, 0.25) is 0 Å². The Morgan fingerprint density at radius 2 is 0.894 bits per heavy atom. The van der Waals surface area contributed by atoms with E-state index in [1.165, 1.54) is 0 Å². The molecule has 0 saturated carbocycles. The third kappa shape index (κ3) is 15.5. The zero-order chi connectivity index (χ0) is 34.0. The Labute approximate surface area is 281 Å². The largest absolute Gasteiger partial charge is 0.492 e. The van der Waals surface area contributed by atoms with Crippen LogP contribution in [0.5, 0.6) is 23.0 Å². The number of hydrogen-bond acceptors (Lipinski definition) is 9. The summed E-state index contributed by atoms with van der Waals surface area (Å²) in [5.41, 5.74) is 2.77. The number of ether oxygens (including phenoxy) is 8. The number of rotatable bonds is 23. The lowest BCUT2D eigenvalue weighted by molar-refractivity contribution is 0.0538. The fourth-order valence-corrected chi connectivity index (χ4v) is 4.06. The van der Waals surface area contributed by atoms with Crippen LogP contribution >= 0.6 is 0 Å². The quantitative estimate of drug-likeness (QED) is 0.131. The monoisotopic (exact) mass is 649 g/mol. The predicted molar refractivity (Wildman–Crippen MR) is 185 cm³/mol. The first kappa shape index (κ1) is 39.3. The molecule has 9 heteroatoms. The van der Waals surface area contributed by atoms with Crippen LogP contribution in [0.1, 0.15) is 62.3 Å². The first-order chi connectivity index (χ1) is 23.1. The van der Waals surface area contributed by atoms with Gasteiger partial charge in [0.05, 0.1) is 75.1 Å². The van der Waals surface area contributed by atoms with E-state index in [4.69, 9.17) is 37.9 Å². The first-order valence-corrected chi connectivity index (χ1v) is 16.1. The van der Waals surface area contributed by atoms with Gasteiger partial charge < -0.3 is 43.2 Å². The molecule has 2 aromatic carbocycles. The summed E-state index contributed by atoms with van der Waals surface area (Å²) in [6.45, 7) is 11.1. The van der Waals surface area contributed by atoms with Crippen molar-refractivity contribution in [3.63, 3.8) is 0 Å². The molecule has 0 atom stereocenters. The highest BCUT2D eigenvalue weighted by Gasteiger charge is 2.13. The summed E-state index contributed by atoms with van der Waals surface area (Å²) >= 11 is 0. The normalized spacial score (nSPS) is 10.2. The first-order valence-electron chi connectivity index (χ1n) is 16.1. The zero-order valence-electron chi connectivity index (χ0n) is 29.0. The molecule has 256 valence electrons. The predicted octanol–water partition coefficient (Wildman–Crippen LogP) is 5.08. The molecule has 1 N–H and O–H groups in total. The minimum Gasteiger partial charge on any atom is -0.492 e. The number of nitrogens with one attached hydrogen (secondary N) is 1. The number of hydrogen-bond donors (Lipinski definition) is 1. The van der Waals surface area contributed by atoms with E-state index in [9.17, 15) is 0 Å². The van der Waals surface area contributed by atoms with Crippen molar-refractivity contribution < 1.29 is 37.9 Å². The van der Waals surface area contributed by atoms with Crippen molar-refractivity contribution in [2.45, 2.75) is 40.0 Å². The lowest BCUT2D eigenvalue weighted by Gasteiger charge is -2.15. The van der Waals surface area contributed by atoms with Gasteiger partial charge >= 0.3 is 0 Å². The Morgan fingerprint density at radius 1 is 0.511 bits per heavy atom. The highest BCUT2D eigenvalue weighted by molar-refractivity contribution is 5.63. The van der Waals surface area contributed by atoms with Crippen LogP contribution in [0.15, 0.2) is 24.3 Å². The molecule has 0 aliphatic rings. The molecule has 0 radical (unpaired) electrons. The number of unbranched alkanes of at least 4 members (excludes halogenated alkanes) is 1. The molecule has 0 bridgehead atoms. The molecule has 0 heterocycles. The summed E-state index contributed by atoms with van der Waals surface area (Å²) in [6.07, 6.45) is 2.80. The second kappa shape index (κ2) is 25.2. The minimum atomic E-state index is 0.324. The number of benzene rings is 2. The van der Waals surface area contributed by atoms with Crippen LogP contribution in [0.25, 0.3) is 0 Å². The van der Waals surface area contributed by atoms with Gasteiger partial charge in [-0.15, -0.1) is 11.8 Å². The third-order valence-corrected chi connectivity index (χ3v) is 6.43. The summed E-state index contributed by atoms with van der Waals surface area (Å²) in [7, 11) is 5.20. The molecular weight excluding hydrogens is 598 g/mol. The molecule has 2 rings (SSSR count). The summed E-state index contributed by atoms with van der Waals surface area (Å²) in [5.74, 6) is 21.3. The maximum Gasteiger partial charge on any atom is 0.136 e. The van der Waals surface area contributed by atoms with Crippen LogP contribution < -0.4 is 24.3 Å². The van der Waals surface area contributed by atoms with Gasteiger partial charge in [0.1, 0.15) is 36.2 Å².